The van der Waals surface area contributed by atoms with Crippen LogP contribution >= 0.6 is 11.8 Å². The molecule has 4 rings (SSSR count). The number of fused-ring (bicyclic) bond motifs is 1. The van der Waals surface area contributed by atoms with Crippen LogP contribution in [-0.4, -0.2) is 60.3 Å². The molecule has 1 aromatic rings. The zero-order valence-corrected chi connectivity index (χ0v) is 19.6. The first-order valence-corrected chi connectivity index (χ1v) is 11.8. The van der Waals surface area contributed by atoms with E-state index in [0.717, 1.165) is 47.9 Å². The van der Waals surface area contributed by atoms with Gasteiger partial charge in [0, 0.05) is 25.9 Å². The number of esters is 1. The first kappa shape index (κ1) is 22.6. The van der Waals surface area contributed by atoms with Gasteiger partial charge >= 0.3 is 5.97 Å². The number of likely N-dealkylation sites (tertiary alicyclic amines) is 1. The third-order valence-electron chi connectivity index (χ3n) is 6.02. The number of carbonyl (C=O) groups excluding carboxylic acids is 2. The molecule has 0 radical (unpaired) electrons. The molecule has 3 aliphatic heterocycles. The van der Waals surface area contributed by atoms with E-state index >= 15 is 0 Å². The van der Waals surface area contributed by atoms with Gasteiger partial charge in [0.05, 0.1) is 30.3 Å². The van der Waals surface area contributed by atoms with E-state index < -0.39 is 12.0 Å². The van der Waals surface area contributed by atoms with Crippen molar-refractivity contribution in [1.29, 1.82) is 0 Å². The molecule has 1 aromatic carbocycles. The van der Waals surface area contributed by atoms with Crippen LogP contribution in [0.4, 0.5) is 0 Å². The summed E-state index contributed by atoms with van der Waals surface area (Å²) < 4.78 is 10.5. The van der Waals surface area contributed by atoms with Crippen molar-refractivity contribution in [1.82, 2.24) is 9.80 Å². The number of hydrogen-bond donors (Lipinski definition) is 0. The van der Waals surface area contributed by atoms with Gasteiger partial charge in [0.25, 0.3) is 0 Å². The third-order valence-corrected chi connectivity index (χ3v) is 6.90. The van der Waals surface area contributed by atoms with Crippen LogP contribution in [0.25, 0.3) is 0 Å². The molecule has 1 atom stereocenters. The number of aliphatic imine (C=N–C) groups is 1. The molecule has 1 amide bonds. The number of rotatable bonds is 7. The van der Waals surface area contributed by atoms with Crippen molar-refractivity contribution in [3.63, 3.8) is 0 Å². The van der Waals surface area contributed by atoms with Gasteiger partial charge in [0.2, 0.25) is 5.91 Å². The molecule has 0 bridgehead atoms. The molecule has 0 spiro atoms. The van der Waals surface area contributed by atoms with E-state index in [1.807, 2.05) is 53.3 Å². The number of hydrogen-bond acceptors (Lipinski definition) is 7. The molecule has 1 saturated heterocycles. The summed E-state index contributed by atoms with van der Waals surface area (Å²) in [6, 6.07) is 7.62. The molecular weight excluding hydrogens is 426 g/mol. The lowest BCUT2D eigenvalue weighted by Crippen LogP contribution is -2.38. The fraction of sp³-hybridized carbons (Fsp3) is 0.458. The lowest BCUT2D eigenvalue weighted by atomic mass is 9.91. The summed E-state index contributed by atoms with van der Waals surface area (Å²) in [5, 5.41) is 2.78. The molecule has 0 aromatic heterocycles. The zero-order valence-electron chi connectivity index (χ0n) is 18.8. The minimum absolute atomic E-state index is 0.120. The van der Waals surface area contributed by atoms with Crippen molar-refractivity contribution in [2.24, 2.45) is 4.99 Å². The van der Waals surface area contributed by atoms with E-state index in [9.17, 15) is 9.59 Å². The topological polar surface area (TPSA) is 71.4 Å². The van der Waals surface area contributed by atoms with Gasteiger partial charge in [-0.2, -0.15) is 0 Å². The van der Waals surface area contributed by atoms with Crippen molar-refractivity contribution in [3.05, 3.63) is 57.8 Å². The van der Waals surface area contributed by atoms with Crippen molar-refractivity contribution in [3.8, 4) is 0 Å². The summed E-state index contributed by atoms with van der Waals surface area (Å²) in [6.07, 6.45) is 2.40. The summed E-state index contributed by atoms with van der Waals surface area (Å²) in [5.41, 5.74) is 4.07. The molecule has 7 nitrogen and oxygen atoms in total. The minimum Gasteiger partial charge on any atom is -0.460 e. The van der Waals surface area contributed by atoms with Gasteiger partial charge < -0.3 is 19.3 Å². The number of aryl methyl sites for hydroxylation is 1. The Morgan fingerprint density at radius 3 is 2.62 bits per heavy atom. The predicted molar refractivity (Wildman–Crippen MR) is 125 cm³/mol. The zero-order chi connectivity index (χ0) is 22.7. The number of thioether (sulfide) groups is 1. The molecule has 0 aliphatic carbocycles. The quantitative estimate of drug-likeness (QED) is 0.460. The largest absolute Gasteiger partial charge is 0.460 e. The maximum atomic E-state index is 13.2. The Morgan fingerprint density at radius 1 is 1.16 bits per heavy atom. The normalized spacial score (nSPS) is 20.3. The molecule has 3 heterocycles. The Labute approximate surface area is 193 Å². The average Bonchev–Trinajstić information content (AvgIpc) is 3.44. The Kier molecular flexibility index (Phi) is 7.01. The van der Waals surface area contributed by atoms with Gasteiger partial charge in [-0.05, 0) is 43.2 Å². The predicted octanol–water partition coefficient (Wildman–Crippen LogP) is 3.77. The maximum Gasteiger partial charge on any atom is 0.338 e. The second kappa shape index (κ2) is 9.92. The smallest absolute Gasteiger partial charge is 0.338 e. The van der Waals surface area contributed by atoms with Gasteiger partial charge in [-0.3, -0.25) is 4.79 Å². The SMILES string of the molecule is COCCOC(=O)C1=C(C)N=C2SC=C(CC(=O)N3CCCC3)N2C1c1ccccc1C. The minimum atomic E-state index is -0.405. The van der Waals surface area contributed by atoms with Crippen LogP contribution < -0.4 is 0 Å². The molecule has 3 aliphatic rings. The number of allylic oxidation sites excluding steroid dienone is 1. The van der Waals surface area contributed by atoms with E-state index in [0.29, 0.717) is 24.3 Å². The highest BCUT2D eigenvalue weighted by atomic mass is 32.2. The molecule has 170 valence electrons. The van der Waals surface area contributed by atoms with Crippen LogP contribution in [0.2, 0.25) is 0 Å². The van der Waals surface area contributed by atoms with Gasteiger partial charge in [0.1, 0.15) is 6.61 Å². The molecule has 1 unspecified atom stereocenters. The van der Waals surface area contributed by atoms with Crippen molar-refractivity contribution >= 4 is 28.8 Å². The van der Waals surface area contributed by atoms with E-state index in [4.69, 9.17) is 14.5 Å². The fourth-order valence-corrected chi connectivity index (χ4v) is 5.31. The first-order chi connectivity index (χ1) is 15.5. The van der Waals surface area contributed by atoms with Crippen molar-refractivity contribution in [2.45, 2.75) is 39.2 Å². The molecule has 8 heteroatoms. The summed E-state index contributed by atoms with van der Waals surface area (Å²) in [6.45, 7) is 6.02. The second-order valence-electron chi connectivity index (χ2n) is 8.14. The number of amidine groups is 1. The lowest BCUT2D eigenvalue weighted by molar-refractivity contribution is -0.141. The summed E-state index contributed by atoms with van der Waals surface area (Å²) in [5.74, 6) is -0.285. The van der Waals surface area contributed by atoms with E-state index in [1.165, 1.54) is 11.8 Å². The molecule has 0 N–H and O–H groups in total. The van der Waals surface area contributed by atoms with Crippen LogP contribution in [0.1, 0.15) is 43.4 Å². The molecule has 1 fully saturated rings. The summed E-state index contributed by atoms with van der Waals surface area (Å²) in [4.78, 5) is 34.8. The van der Waals surface area contributed by atoms with Crippen molar-refractivity contribution < 1.29 is 19.1 Å². The van der Waals surface area contributed by atoms with Gasteiger partial charge in [-0.15, -0.1) is 0 Å². The third kappa shape index (κ3) is 4.47. The number of ether oxygens (including phenoxy) is 2. The Bertz CT molecular complexity index is 995. The Hall–Kier alpha value is -2.58. The summed E-state index contributed by atoms with van der Waals surface area (Å²) in [7, 11) is 1.57. The van der Waals surface area contributed by atoms with Gasteiger partial charge in [-0.25, -0.2) is 9.79 Å². The van der Waals surface area contributed by atoms with Crippen LogP contribution in [0.5, 0.6) is 0 Å². The van der Waals surface area contributed by atoms with Crippen LogP contribution in [-0.2, 0) is 19.1 Å². The van der Waals surface area contributed by atoms with Gasteiger partial charge in [-0.1, -0.05) is 36.0 Å². The van der Waals surface area contributed by atoms with Crippen molar-refractivity contribution in [2.75, 3.05) is 33.4 Å². The second-order valence-corrected chi connectivity index (χ2v) is 8.98. The van der Waals surface area contributed by atoms with E-state index in [-0.39, 0.29) is 12.5 Å². The number of carbonyl (C=O) groups is 2. The average molecular weight is 456 g/mol. The number of nitrogens with zero attached hydrogens (tertiary/aromatic N) is 3. The number of methoxy groups -OCH3 is 1. The first-order valence-electron chi connectivity index (χ1n) is 10.9. The molecule has 32 heavy (non-hydrogen) atoms. The fourth-order valence-electron chi connectivity index (χ4n) is 4.35. The van der Waals surface area contributed by atoms with Crippen LogP contribution in [0.15, 0.2) is 51.6 Å². The highest BCUT2D eigenvalue weighted by Crippen LogP contribution is 2.45. The number of benzene rings is 1. The molecular formula is C24H29N3O4S. The monoisotopic (exact) mass is 455 g/mol. The highest BCUT2D eigenvalue weighted by Gasteiger charge is 2.42. The Morgan fingerprint density at radius 2 is 1.91 bits per heavy atom. The van der Waals surface area contributed by atoms with Crippen LogP contribution in [0.3, 0.4) is 0 Å². The maximum absolute atomic E-state index is 13.2. The van der Waals surface area contributed by atoms with Crippen LogP contribution in [0, 0.1) is 6.92 Å². The lowest BCUT2D eigenvalue weighted by Gasteiger charge is -2.37. The number of amides is 1. The van der Waals surface area contributed by atoms with E-state index in [1.54, 1.807) is 7.11 Å². The van der Waals surface area contributed by atoms with Gasteiger partial charge in [0.15, 0.2) is 5.17 Å². The Balaban J connectivity index is 1.69. The van der Waals surface area contributed by atoms with E-state index in [2.05, 4.69) is 0 Å². The summed E-state index contributed by atoms with van der Waals surface area (Å²) >= 11 is 1.50. The standard InChI is InChI=1S/C24H29N3O4S/c1-16-8-4-5-9-19(16)22-21(23(29)31-13-12-30-3)17(2)25-24-27(22)18(15-32-24)14-20(28)26-10-6-7-11-26/h4-5,8-9,15,22H,6-7,10-14H2,1-3H3. The molecule has 0 saturated carbocycles. The highest BCUT2D eigenvalue weighted by molar-refractivity contribution is 8.16.